The summed E-state index contributed by atoms with van der Waals surface area (Å²) in [6, 6.07) is 8.16. The number of rotatable bonds is 11. The largest absolute Gasteiger partial charge is 0.503 e. The average Bonchev–Trinajstić information content (AvgIpc) is 3.40. The lowest BCUT2D eigenvalue weighted by molar-refractivity contribution is -0.129. The Kier molecular flexibility index (Phi) is 7.93. The van der Waals surface area contributed by atoms with Crippen molar-refractivity contribution in [1.29, 1.82) is 0 Å². The van der Waals surface area contributed by atoms with Gasteiger partial charge in [-0.25, -0.2) is 0 Å². The molecule has 1 unspecified atom stereocenters. The van der Waals surface area contributed by atoms with Crippen molar-refractivity contribution in [1.82, 2.24) is 9.80 Å². The van der Waals surface area contributed by atoms with Crippen LogP contribution in [0, 0.1) is 0 Å². The molecule has 1 aliphatic heterocycles. The van der Waals surface area contributed by atoms with E-state index in [0.29, 0.717) is 41.6 Å². The first-order chi connectivity index (χ1) is 15.4. The molecule has 0 saturated heterocycles. The molecule has 0 radical (unpaired) electrons. The Labute approximate surface area is 192 Å². The van der Waals surface area contributed by atoms with E-state index in [9.17, 15) is 14.7 Å². The molecule has 8 heteroatoms. The molecule has 172 valence electrons. The molecule has 0 fully saturated rings. The maximum absolute atomic E-state index is 13.3. The standard InChI is InChI=1S/C24H30N2O5S/c1-5-6-13-31-17-10-9-16(15-18(17)30-4)21-20(22(27)19-8-7-14-32-19)23(28)24(29)26(21)12-11-25(2)3/h7-10,14-15,21,28H,5-6,11-13H2,1-4H3. The molecule has 1 amide bonds. The molecule has 7 nitrogen and oxygen atoms in total. The number of aliphatic hydroxyl groups excluding tert-OH is 1. The van der Waals surface area contributed by atoms with Crippen LogP contribution in [0.4, 0.5) is 0 Å². The lowest BCUT2D eigenvalue weighted by Gasteiger charge is -2.28. The summed E-state index contributed by atoms with van der Waals surface area (Å²) >= 11 is 1.28. The van der Waals surface area contributed by atoms with Crippen molar-refractivity contribution in [2.75, 3.05) is 40.9 Å². The molecule has 2 heterocycles. The Hall–Kier alpha value is -2.84. The summed E-state index contributed by atoms with van der Waals surface area (Å²) in [5.41, 5.74) is 0.777. The van der Waals surface area contributed by atoms with Crippen molar-refractivity contribution >= 4 is 23.0 Å². The molecule has 2 aromatic rings. The first-order valence-electron chi connectivity index (χ1n) is 10.7. The second-order valence-corrected chi connectivity index (χ2v) is 8.83. The first-order valence-corrected chi connectivity index (χ1v) is 11.5. The number of methoxy groups -OCH3 is 1. The van der Waals surface area contributed by atoms with E-state index in [1.54, 1.807) is 41.7 Å². The fraction of sp³-hybridized carbons (Fsp3) is 0.417. The van der Waals surface area contributed by atoms with E-state index < -0.39 is 17.7 Å². The molecule has 1 aromatic heterocycles. The number of thiophene rings is 1. The Morgan fingerprint density at radius 3 is 2.66 bits per heavy atom. The lowest BCUT2D eigenvalue weighted by Crippen LogP contribution is -2.36. The van der Waals surface area contributed by atoms with Gasteiger partial charge >= 0.3 is 0 Å². The van der Waals surface area contributed by atoms with Crippen molar-refractivity contribution in [2.45, 2.75) is 25.8 Å². The minimum Gasteiger partial charge on any atom is -0.503 e. The summed E-state index contributed by atoms with van der Waals surface area (Å²) in [5, 5.41) is 12.5. The van der Waals surface area contributed by atoms with Gasteiger partial charge in [0.15, 0.2) is 17.3 Å². The molecular weight excluding hydrogens is 428 g/mol. The van der Waals surface area contributed by atoms with Crippen LogP contribution in [0.15, 0.2) is 47.0 Å². The van der Waals surface area contributed by atoms with Crippen LogP contribution >= 0.6 is 11.3 Å². The molecular formula is C24H30N2O5S. The number of amides is 1. The number of nitrogens with zero attached hydrogens (tertiary/aromatic N) is 2. The molecule has 0 aliphatic carbocycles. The zero-order valence-electron chi connectivity index (χ0n) is 19.0. The van der Waals surface area contributed by atoms with Crippen LogP contribution in [-0.2, 0) is 4.79 Å². The summed E-state index contributed by atoms with van der Waals surface area (Å²) in [6.45, 7) is 3.62. The maximum atomic E-state index is 13.3. The zero-order valence-corrected chi connectivity index (χ0v) is 19.8. The highest BCUT2D eigenvalue weighted by Crippen LogP contribution is 2.42. The Bertz CT molecular complexity index is 984. The van der Waals surface area contributed by atoms with Gasteiger partial charge < -0.3 is 24.4 Å². The predicted octanol–water partition coefficient (Wildman–Crippen LogP) is 4.08. The average molecular weight is 459 g/mol. The number of unbranched alkanes of at least 4 members (excludes halogenated alkanes) is 1. The molecule has 0 saturated carbocycles. The third kappa shape index (κ3) is 4.97. The van der Waals surface area contributed by atoms with Gasteiger partial charge in [0, 0.05) is 13.1 Å². The van der Waals surface area contributed by atoms with Crippen molar-refractivity contribution in [3.05, 3.63) is 57.5 Å². The molecule has 1 aliphatic rings. The number of aliphatic hydroxyl groups is 1. The van der Waals surface area contributed by atoms with E-state index >= 15 is 0 Å². The third-order valence-corrected chi connectivity index (χ3v) is 6.21. The molecule has 1 atom stereocenters. The zero-order chi connectivity index (χ0) is 23.3. The van der Waals surface area contributed by atoms with E-state index in [-0.39, 0.29) is 11.4 Å². The van der Waals surface area contributed by atoms with Crippen LogP contribution < -0.4 is 9.47 Å². The SMILES string of the molecule is CCCCOc1ccc(C2C(C(=O)c3cccs3)=C(O)C(=O)N2CCN(C)C)cc1OC. The van der Waals surface area contributed by atoms with Gasteiger partial charge in [-0.3, -0.25) is 9.59 Å². The number of carbonyl (C=O) groups excluding carboxylic acids is 2. The summed E-state index contributed by atoms with van der Waals surface area (Å²) < 4.78 is 11.4. The second-order valence-electron chi connectivity index (χ2n) is 7.89. The van der Waals surface area contributed by atoms with Crippen molar-refractivity contribution < 1.29 is 24.2 Å². The molecule has 0 spiro atoms. The minimum absolute atomic E-state index is 0.0953. The number of benzene rings is 1. The number of hydrogen-bond donors (Lipinski definition) is 1. The summed E-state index contributed by atoms with van der Waals surface area (Å²) in [4.78, 5) is 30.2. The maximum Gasteiger partial charge on any atom is 0.290 e. The second kappa shape index (κ2) is 10.7. The summed E-state index contributed by atoms with van der Waals surface area (Å²) in [7, 11) is 5.37. The van der Waals surface area contributed by atoms with E-state index in [4.69, 9.17) is 9.47 Å². The fourth-order valence-electron chi connectivity index (χ4n) is 3.61. The van der Waals surface area contributed by atoms with E-state index in [2.05, 4.69) is 6.92 Å². The topological polar surface area (TPSA) is 79.3 Å². The molecule has 3 rings (SSSR count). The van der Waals surface area contributed by atoms with Gasteiger partial charge in [-0.15, -0.1) is 11.3 Å². The van der Waals surface area contributed by atoms with Crippen LogP contribution in [0.25, 0.3) is 0 Å². The number of carbonyl (C=O) groups is 2. The monoisotopic (exact) mass is 458 g/mol. The fourth-order valence-corrected chi connectivity index (χ4v) is 4.29. The van der Waals surface area contributed by atoms with Gasteiger partial charge in [0.2, 0.25) is 5.78 Å². The summed E-state index contributed by atoms with van der Waals surface area (Å²) in [6.07, 6.45) is 1.94. The quantitative estimate of drug-likeness (QED) is 0.404. The van der Waals surface area contributed by atoms with E-state index in [0.717, 1.165) is 12.8 Å². The van der Waals surface area contributed by atoms with Crippen LogP contribution in [0.2, 0.25) is 0 Å². The van der Waals surface area contributed by atoms with Gasteiger partial charge in [-0.05, 0) is 49.7 Å². The van der Waals surface area contributed by atoms with Gasteiger partial charge in [0.1, 0.15) is 0 Å². The number of likely N-dealkylation sites (N-methyl/N-ethyl adjacent to an activating group) is 1. The Morgan fingerprint density at radius 1 is 1.25 bits per heavy atom. The summed E-state index contributed by atoms with van der Waals surface area (Å²) in [5.74, 6) is -0.250. The third-order valence-electron chi connectivity index (χ3n) is 5.34. The van der Waals surface area contributed by atoms with Crippen LogP contribution in [-0.4, -0.2) is 67.5 Å². The minimum atomic E-state index is -0.712. The predicted molar refractivity (Wildman–Crippen MR) is 125 cm³/mol. The number of hydrogen-bond acceptors (Lipinski definition) is 7. The molecule has 0 bridgehead atoms. The van der Waals surface area contributed by atoms with Crippen molar-refractivity contribution in [3.63, 3.8) is 0 Å². The van der Waals surface area contributed by atoms with Crippen molar-refractivity contribution in [2.24, 2.45) is 0 Å². The van der Waals surface area contributed by atoms with Gasteiger partial charge in [0.25, 0.3) is 5.91 Å². The highest BCUT2D eigenvalue weighted by molar-refractivity contribution is 7.12. The van der Waals surface area contributed by atoms with E-state index in [1.165, 1.54) is 11.3 Å². The van der Waals surface area contributed by atoms with Crippen LogP contribution in [0.3, 0.4) is 0 Å². The van der Waals surface area contributed by atoms with Crippen molar-refractivity contribution in [3.8, 4) is 11.5 Å². The molecule has 1 N–H and O–H groups in total. The van der Waals surface area contributed by atoms with E-state index in [1.807, 2.05) is 25.1 Å². The first kappa shape index (κ1) is 23.8. The highest BCUT2D eigenvalue weighted by Gasteiger charge is 2.44. The van der Waals surface area contributed by atoms with Gasteiger partial charge in [-0.1, -0.05) is 25.5 Å². The Balaban J connectivity index is 2.02. The normalized spacial score (nSPS) is 16.2. The molecule has 32 heavy (non-hydrogen) atoms. The lowest BCUT2D eigenvalue weighted by atomic mass is 9.95. The molecule has 1 aromatic carbocycles. The van der Waals surface area contributed by atoms with Crippen LogP contribution in [0.1, 0.15) is 41.0 Å². The number of ketones is 1. The number of ether oxygens (including phenoxy) is 2. The smallest absolute Gasteiger partial charge is 0.290 e. The highest BCUT2D eigenvalue weighted by atomic mass is 32.1. The van der Waals surface area contributed by atoms with Gasteiger partial charge in [-0.2, -0.15) is 0 Å². The number of Topliss-reactive ketones (excluding diaryl/α,β-unsaturated/α-hetero) is 1. The van der Waals surface area contributed by atoms with Gasteiger partial charge in [0.05, 0.1) is 30.2 Å². The Morgan fingerprint density at radius 2 is 2.03 bits per heavy atom. The van der Waals surface area contributed by atoms with Crippen LogP contribution in [0.5, 0.6) is 11.5 Å².